The van der Waals surface area contributed by atoms with Crippen molar-refractivity contribution < 1.29 is 13.2 Å². The Balaban J connectivity index is 1.67. The standard InChI is InChI=1S/C22H27N3O3S/c23-29(27,28)18-11-6-10-17(14-18)24-22(26)19-13-16-9-5-12-20(16)25-21(19)15-7-3-1-2-4-8-15/h6,10-11,13-15H,1-5,7-9,12H2,(H,24,26)(H2,23,27,28). The number of nitrogens with zero attached hydrogens (tertiary/aromatic N) is 1. The summed E-state index contributed by atoms with van der Waals surface area (Å²) in [6, 6.07) is 8.05. The Kier molecular flexibility index (Phi) is 5.69. The number of anilines is 1. The molecule has 1 saturated carbocycles. The first kappa shape index (κ1) is 20.0. The quantitative estimate of drug-likeness (QED) is 0.742. The van der Waals surface area contributed by atoms with Gasteiger partial charge in [-0.05, 0) is 61.9 Å². The van der Waals surface area contributed by atoms with E-state index in [1.165, 1.54) is 37.8 Å². The molecule has 6 nitrogen and oxygen atoms in total. The number of carbonyl (C=O) groups is 1. The van der Waals surface area contributed by atoms with E-state index in [4.69, 9.17) is 10.1 Å². The van der Waals surface area contributed by atoms with Crippen molar-refractivity contribution in [3.05, 3.63) is 52.8 Å². The molecule has 0 radical (unpaired) electrons. The van der Waals surface area contributed by atoms with Crippen LogP contribution in [0.25, 0.3) is 0 Å². The maximum Gasteiger partial charge on any atom is 0.257 e. The van der Waals surface area contributed by atoms with Crippen molar-refractivity contribution in [1.29, 1.82) is 0 Å². The highest BCUT2D eigenvalue weighted by Crippen LogP contribution is 2.35. The molecule has 0 bridgehead atoms. The summed E-state index contributed by atoms with van der Waals surface area (Å²) in [5.41, 5.74) is 4.24. The summed E-state index contributed by atoms with van der Waals surface area (Å²) in [6.45, 7) is 0. The normalized spacial score (nSPS) is 17.6. The summed E-state index contributed by atoms with van der Waals surface area (Å²) >= 11 is 0. The highest BCUT2D eigenvalue weighted by atomic mass is 32.2. The number of carbonyl (C=O) groups excluding carboxylic acids is 1. The molecule has 0 unspecified atom stereocenters. The van der Waals surface area contributed by atoms with E-state index < -0.39 is 10.0 Å². The Morgan fingerprint density at radius 2 is 1.79 bits per heavy atom. The number of rotatable bonds is 4. The number of fused-ring (bicyclic) bond motifs is 1. The first-order valence-electron chi connectivity index (χ1n) is 10.4. The zero-order valence-corrected chi connectivity index (χ0v) is 17.3. The lowest BCUT2D eigenvalue weighted by Crippen LogP contribution is -2.19. The largest absolute Gasteiger partial charge is 0.322 e. The van der Waals surface area contributed by atoms with E-state index in [2.05, 4.69) is 5.32 Å². The minimum Gasteiger partial charge on any atom is -0.322 e. The second-order valence-corrected chi connectivity index (χ2v) is 9.66. The summed E-state index contributed by atoms with van der Waals surface area (Å²) in [7, 11) is -3.83. The highest BCUT2D eigenvalue weighted by molar-refractivity contribution is 7.89. The zero-order chi connectivity index (χ0) is 20.4. The fraction of sp³-hybridized carbons (Fsp3) is 0.455. The van der Waals surface area contributed by atoms with Crippen LogP contribution in [0.3, 0.4) is 0 Å². The molecule has 0 aliphatic heterocycles. The summed E-state index contributed by atoms with van der Waals surface area (Å²) in [4.78, 5) is 18.1. The molecule has 3 N–H and O–H groups in total. The number of nitrogens with two attached hydrogens (primary N) is 1. The zero-order valence-electron chi connectivity index (χ0n) is 16.5. The second-order valence-electron chi connectivity index (χ2n) is 8.10. The van der Waals surface area contributed by atoms with E-state index in [0.29, 0.717) is 17.2 Å². The van der Waals surface area contributed by atoms with Crippen LogP contribution in [0, 0.1) is 0 Å². The summed E-state index contributed by atoms with van der Waals surface area (Å²) in [5.74, 6) is 0.0675. The van der Waals surface area contributed by atoms with Gasteiger partial charge >= 0.3 is 0 Å². The van der Waals surface area contributed by atoms with Crippen LogP contribution < -0.4 is 10.5 Å². The third-order valence-corrected chi connectivity index (χ3v) is 6.90. The predicted molar refractivity (Wildman–Crippen MR) is 112 cm³/mol. The van der Waals surface area contributed by atoms with Crippen molar-refractivity contribution >= 4 is 21.6 Å². The van der Waals surface area contributed by atoms with Gasteiger partial charge in [0.05, 0.1) is 16.2 Å². The number of aryl methyl sites for hydroxylation is 2. The number of primary sulfonamides is 1. The minimum absolute atomic E-state index is 0.0219. The molecule has 29 heavy (non-hydrogen) atoms. The topological polar surface area (TPSA) is 102 Å². The van der Waals surface area contributed by atoms with Crippen molar-refractivity contribution in [1.82, 2.24) is 4.98 Å². The monoisotopic (exact) mass is 413 g/mol. The van der Waals surface area contributed by atoms with E-state index >= 15 is 0 Å². The molecule has 1 heterocycles. The Hall–Kier alpha value is -2.25. The van der Waals surface area contributed by atoms with Crippen molar-refractivity contribution in [2.24, 2.45) is 5.14 Å². The van der Waals surface area contributed by atoms with Gasteiger partial charge in [0, 0.05) is 17.3 Å². The number of nitrogens with one attached hydrogen (secondary N) is 1. The summed E-state index contributed by atoms with van der Waals surface area (Å²) in [6.07, 6.45) is 9.95. The van der Waals surface area contributed by atoms with Crippen LogP contribution in [0.2, 0.25) is 0 Å². The van der Waals surface area contributed by atoms with Crippen LogP contribution in [0.4, 0.5) is 5.69 Å². The smallest absolute Gasteiger partial charge is 0.257 e. The van der Waals surface area contributed by atoms with Crippen molar-refractivity contribution in [2.75, 3.05) is 5.32 Å². The molecule has 7 heteroatoms. The van der Waals surface area contributed by atoms with Crippen molar-refractivity contribution in [3.63, 3.8) is 0 Å². The molecule has 0 saturated heterocycles. The molecule has 1 aromatic carbocycles. The molecule has 0 spiro atoms. The number of hydrogen-bond acceptors (Lipinski definition) is 4. The number of benzene rings is 1. The Morgan fingerprint density at radius 1 is 1.03 bits per heavy atom. The highest BCUT2D eigenvalue weighted by Gasteiger charge is 2.26. The van der Waals surface area contributed by atoms with Crippen molar-refractivity contribution in [2.45, 2.75) is 68.6 Å². The van der Waals surface area contributed by atoms with E-state index in [1.807, 2.05) is 6.07 Å². The van der Waals surface area contributed by atoms with Crippen LogP contribution in [0.5, 0.6) is 0 Å². The fourth-order valence-electron chi connectivity index (χ4n) is 4.48. The van der Waals surface area contributed by atoms with Crippen LogP contribution in [-0.4, -0.2) is 19.3 Å². The number of sulfonamides is 1. The molecule has 2 aliphatic carbocycles. The third-order valence-electron chi connectivity index (χ3n) is 5.99. The molecule has 2 aliphatic rings. The van der Waals surface area contributed by atoms with Crippen molar-refractivity contribution in [3.8, 4) is 0 Å². The van der Waals surface area contributed by atoms with Gasteiger partial charge in [0.2, 0.25) is 10.0 Å². The number of pyridine rings is 1. The molecule has 4 rings (SSSR count). The second kappa shape index (κ2) is 8.24. The molecular weight excluding hydrogens is 386 g/mol. The first-order chi connectivity index (χ1) is 13.9. The number of amides is 1. The van der Waals surface area contributed by atoms with E-state index in [1.54, 1.807) is 12.1 Å². The molecule has 1 amide bonds. The lowest BCUT2D eigenvalue weighted by molar-refractivity contribution is 0.102. The van der Waals surface area contributed by atoms with Gasteiger partial charge in [-0.1, -0.05) is 31.7 Å². The first-order valence-corrected chi connectivity index (χ1v) is 11.9. The van der Waals surface area contributed by atoms with Crippen LogP contribution in [0.1, 0.15) is 78.2 Å². The fourth-order valence-corrected chi connectivity index (χ4v) is 5.04. The Morgan fingerprint density at radius 3 is 2.52 bits per heavy atom. The Labute approximate surface area is 172 Å². The lowest BCUT2D eigenvalue weighted by atomic mass is 9.91. The third kappa shape index (κ3) is 4.51. The van der Waals surface area contributed by atoms with Gasteiger partial charge in [0.25, 0.3) is 5.91 Å². The maximum atomic E-state index is 13.2. The van der Waals surface area contributed by atoms with E-state index in [0.717, 1.165) is 49.1 Å². The van der Waals surface area contributed by atoms with E-state index in [-0.39, 0.29) is 10.8 Å². The average Bonchev–Trinajstić information content (AvgIpc) is 2.98. The number of hydrogen-bond donors (Lipinski definition) is 2. The van der Waals surface area contributed by atoms with E-state index in [9.17, 15) is 13.2 Å². The van der Waals surface area contributed by atoms with Gasteiger partial charge in [0.15, 0.2) is 0 Å². The molecule has 2 aromatic rings. The molecule has 1 fully saturated rings. The van der Waals surface area contributed by atoms with Gasteiger partial charge in [0.1, 0.15) is 0 Å². The Bertz CT molecular complexity index is 1030. The molecule has 0 atom stereocenters. The minimum atomic E-state index is -3.83. The molecule has 154 valence electrons. The van der Waals surface area contributed by atoms with Gasteiger partial charge in [-0.2, -0.15) is 0 Å². The van der Waals surface area contributed by atoms with Crippen LogP contribution >= 0.6 is 0 Å². The van der Waals surface area contributed by atoms with Crippen LogP contribution in [0.15, 0.2) is 35.2 Å². The van der Waals surface area contributed by atoms with Crippen LogP contribution in [-0.2, 0) is 22.9 Å². The maximum absolute atomic E-state index is 13.2. The molecule has 1 aromatic heterocycles. The predicted octanol–water partition coefficient (Wildman–Crippen LogP) is 3.91. The lowest BCUT2D eigenvalue weighted by Gasteiger charge is -2.19. The van der Waals surface area contributed by atoms with Gasteiger partial charge in [-0.15, -0.1) is 0 Å². The van der Waals surface area contributed by atoms with Gasteiger partial charge in [-0.3, -0.25) is 9.78 Å². The summed E-state index contributed by atoms with van der Waals surface area (Å²) in [5, 5.41) is 8.07. The van der Waals surface area contributed by atoms with Gasteiger partial charge in [-0.25, -0.2) is 13.6 Å². The van der Waals surface area contributed by atoms with Gasteiger partial charge < -0.3 is 5.32 Å². The summed E-state index contributed by atoms with van der Waals surface area (Å²) < 4.78 is 23.2. The SMILES string of the molecule is NS(=O)(=O)c1cccc(NC(=O)c2cc3c(nc2C2CCCCCC2)CCC3)c1. The number of aromatic nitrogens is 1. The molecular formula is C22H27N3O3S. The average molecular weight is 414 g/mol.